The monoisotopic (exact) mass is 198 g/mol. The zero-order valence-corrected chi connectivity index (χ0v) is 9.17. The van der Waals surface area contributed by atoms with Crippen LogP contribution >= 0.6 is 0 Å². The molecule has 0 radical (unpaired) electrons. The lowest BCUT2D eigenvalue weighted by molar-refractivity contribution is 0.0811. The van der Waals surface area contributed by atoms with Gasteiger partial charge in [0.2, 0.25) is 0 Å². The summed E-state index contributed by atoms with van der Waals surface area (Å²) < 4.78 is 5.64. The molecule has 2 rings (SSSR count). The first kappa shape index (κ1) is 10.4. The Morgan fingerprint density at radius 3 is 3.14 bits per heavy atom. The molecule has 2 atom stereocenters. The highest BCUT2D eigenvalue weighted by Gasteiger charge is 2.20. The summed E-state index contributed by atoms with van der Waals surface area (Å²) in [5.41, 5.74) is 0. The summed E-state index contributed by atoms with van der Waals surface area (Å²) in [6.07, 6.45) is 4.32. The normalized spacial score (nSPS) is 34.9. The Bertz CT molecular complexity index is 169. The van der Waals surface area contributed by atoms with Crippen molar-refractivity contribution >= 4 is 0 Å². The summed E-state index contributed by atoms with van der Waals surface area (Å²) in [6.45, 7) is 8.01. The SMILES string of the molecule is C[C@H]1CNCCN1CCC1CCCO1. The fraction of sp³-hybridized carbons (Fsp3) is 1.00. The molecule has 2 aliphatic rings. The first-order chi connectivity index (χ1) is 6.86. The largest absolute Gasteiger partial charge is 0.378 e. The number of hydrogen-bond donors (Lipinski definition) is 1. The van der Waals surface area contributed by atoms with Gasteiger partial charge < -0.3 is 10.1 Å². The third-order valence-electron chi connectivity index (χ3n) is 3.40. The van der Waals surface area contributed by atoms with Gasteiger partial charge in [-0.25, -0.2) is 0 Å². The predicted molar refractivity (Wildman–Crippen MR) is 57.5 cm³/mol. The van der Waals surface area contributed by atoms with E-state index in [-0.39, 0.29) is 0 Å². The Kier molecular flexibility index (Phi) is 3.79. The van der Waals surface area contributed by atoms with E-state index in [1.54, 1.807) is 0 Å². The van der Waals surface area contributed by atoms with E-state index in [0.717, 1.165) is 19.7 Å². The van der Waals surface area contributed by atoms with Gasteiger partial charge >= 0.3 is 0 Å². The average Bonchev–Trinajstić information content (AvgIpc) is 2.69. The van der Waals surface area contributed by atoms with Crippen molar-refractivity contribution in [3.63, 3.8) is 0 Å². The van der Waals surface area contributed by atoms with E-state index >= 15 is 0 Å². The Balaban J connectivity index is 1.67. The van der Waals surface area contributed by atoms with E-state index < -0.39 is 0 Å². The van der Waals surface area contributed by atoms with Crippen molar-refractivity contribution in [2.24, 2.45) is 0 Å². The molecule has 14 heavy (non-hydrogen) atoms. The van der Waals surface area contributed by atoms with Crippen LogP contribution < -0.4 is 5.32 Å². The third-order valence-corrected chi connectivity index (χ3v) is 3.40. The number of ether oxygens (including phenoxy) is 1. The van der Waals surface area contributed by atoms with Crippen molar-refractivity contribution in [2.75, 3.05) is 32.8 Å². The summed E-state index contributed by atoms with van der Waals surface area (Å²) in [6, 6.07) is 0.699. The van der Waals surface area contributed by atoms with Gasteiger partial charge in [-0.3, -0.25) is 4.90 Å². The van der Waals surface area contributed by atoms with Gasteiger partial charge in [0.1, 0.15) is 0 Å². The summed E-state index contributed by atoms with van der Waals surface area (Å²) in [7, 11) is 0. The molecule has 1 unspecified atom stereocenters. The summed E-state index contributed by atoms with van der Waals surface area (Å²) >= 11 is 0. The lowest BCUT2D eigenvalue weighted by Crippen LogP contribution is -2.50. The first-order valence-electron chi connectivity index (χ1n) is 5.92. The number of hydrogen-bond acceptors (Lipinski definition) is 3. The maximum absolute atomic E-state index is 5.64. The second-order valence-electron chi connectivity index (χ2n) is 4.51. The van der Waals surface area contributed by atoms with Crippen LogP contribution in [-0.2, 0) is 4.74 Å². The Morgan fingerprint density at radius 2 is 2.43 bits per heavy atom. The van der Waals surface area contributed by atoms with Crippen LogP contribution in [0.3, 0.4) is 0 Å². The molecule has 0 saturated carbocycles. The van der Waals surface area contributed by atoms with Crippen LogP contribution in [0.5, 0.6) is 0 Å². The van der Waals surface area contributed by atoms with Gasteiger partial charge in [-0.05, 0) is 26.2 Å². The summed E-state index contributed by atoms with van der Waals surface area (Å²) in [5, 5.41) is 3.42. The smallest absolute Gasteiger partial charge is 0.0588 e. The maximum atomic E-state index is 5.64. The van der Waals surface area contributed by atoms with Crippen molar-refractivity contribution in [3.05, 3.63) is 0 Å². The van der Waals surface area contributed by atoms with Gasteiger partial charge in [0.05, 0.1) is 6.10 Å². The standard InChI is InChI=1S/C11H22N2O/c1-10-9-12-5-7-13(10)6-4-11-3-2-8-14-11/h10-12H,2-9H2,1H3/t10-,11?/m0/s1. The Labute approximate surface area is 86.8 Å². The van der Waals surface area contributed by atoms with Crippen molar-refractivity contribution in [1.29, 1.82) is 0 Å². The molecular weight excluding hydrogens is 176 g/mol. The fourth-order valence-corrected chi connectivity index (χ4v) is 2.40. The molecule has 2 fully saturated rings. The molecule has 0 spiro atoms. The molecule has 0 aromatic heterocycles. The molecule has 2 heterocycles. The Morgan fingerprint density at radius 1 is 1.50 bits per heavy atom. The first-order valence-corrected chi connectivity index (χ1v) is 5.92. The minimum Gasteiger partial charge on any atom is -0.378 e. The molecule has 82 valence electrons. The zero-order valence-electron chi connectivity index (χ0n) is 9.17. The zero-order chi connectivity index (χ0) is 9.80. The van der Waals surface area contributed by atoms with Crippen molar-refractivity contribution < 1.29 is 4.74 Å². The van der Waals surface area contributed by atoms with E-state index in [1.165, 1.54) is 32.4 Å². The molecule has 3 heteroatoms. The number of rotatable bonds is 3. The van der Waals surface area contributed by atoms with Crippen LogP contribution in [0, 0.1) is 0 Å². The number of nitrogens with zero attached hydrogens (tertiary/aromatic N) is 1. The molecule has 0 bridgehead atoms. The molecule has 0 aromatic carbocycles. The molecule has 0 amide bonds. The quantitative estimate of drug-likeness (QED) is 0.727. The fourth-order valence-electron chi connectivity index (χ4n) is 2.40. The van der Waals surface area contributed by atoms with Gasteiger partial charge in [0.15, 0.2) is 0 Å². The topological polar surface area (TPSA) is 24.5 Å². The second-order valence-corrected chi connectivity index (χ2v) is 4.51. The van der Waals surface area contributed by atoms with Gasteiger partial charge in [0, 0.05) is 38.8 Å². The van der Waals surface area contributed by atoms with Crippen LogP contribution in [0.25, 0.3) is 0 Å². The third kappa shape index (κ3) is 2.69. The van der Waals surface area contributed by atoms with E-state index in [4.69, 9.17) is 4.74 Å². The van der Waals surface area contributed by atoms with Crippen LogP contribution in [0.4, 0.5) is 0 Å². The maximum Gasteiger partial charge on any atom is 0.0588 e. The molecule has 2 aliphatic heterocycles. The van der Waals surface area contributed by atoms with E-state index in [1.807, 2.05) is 0 Å². The molecule has 0 aliphatic carbocycles. The highest BCUT2D eigenvalue weighted by atomic mass is 16.5. The highest BCUT2D eigenvalue weighted by molar-refractivity contribution is 4.77. The minimum atomic E-state index is 0.553. The van der Waals surface area contributed by atoms with Crippen molar-refractivity contribution in [1.82, 2.24) is 10.2 Å². The van der Waals surface area contributed by atoms with Crippen LogP contribution in [-0.4, -0.2) is 49.8 Å². The van der Waals surface area contributed by atoms with Crippen LogP contribution in [0.1, 0.15) is 26.2 Å². The summed E-state index contributed by atoms with van der Waals surface area (Å²) in [5.74, 6) is 0. The number of nitrogens with one attached hydrogen (secondary N) is 1. The highest BCUT2D eigenvalue weighted by Crippen LogP contribution is 2.16. The predicted octanol–water partition coefficient (Wildman–Crippen LogP) is 0.849. The molecule has 0 aromatic rings. The van der Waals surface area contributed by atoms with Gasteiger partial charge in [-0.15, -0.1) is 0 Å². The van der Waals surface area contributed by atoms with Crippen LogP contribution in [0.2, 0.25) is 0 Å². The number of piperazine rings is 1. The average molecular weight is 198 g/mol. The molecule has 1 N–H and O–H groups in total. The van der Waals surface area contributed by atoms with E-state index in [0.29, 0.717) is 12.1 Å². The van der Waals surface area contributed by atoms with Gasteiger partial charge in [-0.2, -0.15) is 0 Å². The van der Waals surface area contributed by atoms with E-state index in [2.05, 4.69) is 17.1 Å². The lowest BCUT2D eigenvalue weighted by atomic mass is 10.1. The minimum absolute atomic E-state index is 0.553. The summed E-state index contributed by atoms with van der Waals surface area (Å²) in [4.78, 5) is 2.58. The Hall–Kier alpha value is -0.120. The molecular formula is C11H22N2O. The second kappa shape index (κ2) is 5.10. The van der Waals surface area contributed by atoms with E-state index in [9.17, 15) is 0 Å². The van der Waals surface area contributed by atoms with Gasteiger partial charge in [-0.1, -0.05) is 0 Å². The molecule has 2 saturated heterocycles. The lowest BCUT2D eigenvalue weighted by Gasteiger charge is -2.34. The van der Waals surface area contributed by atoms with Gasteiger partial charge in [0.25, 0.3) is 0 Å². The van der Waals surface area contributed by atoms with Crippen molar-refractivity contribution in [3.8, 4) is 0 Å². The molecule has 3 nitrogen and oxygen atoms in total. The van der Waals surface area contributed by atoms with Crippen molar-refractivity contribution in [2.45, 2.75) is 38.3 Å². The van der Waals surface area contributed by atoms with Crippen LogP contribution in [0.15, 0.2) is 0 Å².